The molecule has 0 unspecified atom stereocenters. The molecular weight excluding hydrogens is 500 g/mol. The second-order valence-corrected chi connectivity index (χ2v) is 7.70. The third-order valence-corrected chi connectivity index (χ3v) is 5.57. The van der Waals surface area contributed by atoms with Gasteiger partial charge in [-0.1, -0.05) is 28.1 Å². The number of carbonyl (C=O) groups excluding carboxylic acids is 1. The largest absolute Gasteiger partial charge is 0.300 e. The number of halogens is 4. The highest BCUT2D eigenvalue weighted by Crippen LogP contribution is 2.24. The molecule has 0 spiro atoms. The number of non-ortho nitro benzene ring substituents is 1. The first-order valence-electron chi connectivity index (χ1n) is 9.08. The first-order chi connectivity index (χ1) is 13.4. The zero-order valence-electron chi connectivity index (χ0n) is 16.1. The van der Waals surface area contributed by atoms with E-state index in [2.05, 4.69) is 25.7 Å². The molecule has 0 bridgehead atoms. The fourth-order valence-electron chi connectivity index (χ4n) is 3.30. The van der Waals surface area contributed by atoms with E-state index in [-0.39, 0.29) is 42.1 Å². The number of piperazine rings is 1. The van der Waals surface area contributed by atoms with Gasteiger partial charge in [0, 0.05) is 67.9 Å². The summed E-state index contributed by atoms with van der Waals surface area (Å²) in [5.74, 6) is -0.334. The lowest BCUT2D eigenvalue weighted by Gasteiger charge is -2.34. The fourth-order valence-corrected chi connectivity index (χ4v) is 3.77. The van der Waals surface area contributed by atoms with E-state index in [9.17, 15) is 19.3 Å². The molecule has 1 saturated heterocycles. The summed E-state index contributed by atoms with van der Waals surface area (Å²) in [6.45, 7) is 4.70. The smallest absolute Gasteiger partial charge is 0.270 e. The summed E-state index contributed by atoms with van der Waals surface area (Å²) in [6, 6.07) is 10.9. The molecule has 1 heterocycles. The third kappa shape index (κ3) is 7.28. The zero-order chi connectivity index (χ0) is 20.1. The van der Waals surface area contributed by atoms with Gasteiger partial charge in [-0.05, 0) is 23.8 Å². The molecule has 0 aliphatic carbocycles. The van der Waals surface area contributed by atoms with Gasteiger partial charge in [-0.3, -0.25) is 19.8 Å². The molecule has 2 aromatic carbocycles. The van der Waals surface area contributed by atoms with Crippen LogP contribution in [0.5, 0.6) is 0 Å². The Balaban J connectivity index is 0.00000225. The van der Waals surface area contributed by atoms with Crippen LogP contribution < -0.4 is 0 Å². The Kier molecular flexibility index (Phi) is 10.9. The summed E-state index contributed by atoms with van der Waals surface area (Å²) in [5.41, 5.74) is 1.22. The Morgan fingerprint density at radius 2 is 1.73 bits per heavy atom. The molecule has 0 N–H and O–H groups in total. The summed E-state index contributed by atoms with van der Waals surface area (Å²) in [4.78, 5) is 27.4. The summed E-state index contributed by atoms with van der Waals surface area (Å²) >= 11 is 3.30. The number of Topliss-reactive ketones (excluding diaryl/α,β-unsaturated/α-hetero) is 1. The molecule has 2 aromatic rings. The van der Waals surface area contributed by atoms with E-state index in [0.29, 0.717) is 29.5 Å². The van der Waals surface area contributed by atoms with Crippen molar-refractivity contribution in [1.29, 1.82) is 0 Å². The lowest BCUT2D eigenvalue weighted by molar-refractivity contribution is -0.384. The van der Waals surface area contributed by atoms with Crippen molar-refractivity contribution in [2.75, 3.05) is 32.7 Å². The van der Waals surface area contributed by atoms with Crippen molar-refractivity contribution in [3.63, 3.8) is 0 Å². The third-order valence-electron chi connectivity index (χ3n) is 4.88. The minimum Gasteiger partial charge on any atom is -0.300 e. The van der Waals surface area contributed by atoms with Gasteiger partial charge < -0.3 is 4.90 Å². The van der Waals surface area contributed by atoms with Crippen molar-refractivity contribution < 1.29 is 14.1 Å². The van der Waals surface area contributed by atoms with E-state index in [1.807, 2.05) is 6.07 Å². The van der Waals surface area contributed by atoms with Gasteiger partial charge in [0.15, 0.2) is 5.78 Å². The second kappa shape index (κ2) is 12.3. The van der Waals surface area contributed by atoms with Crippen LogP contribution in [0.3, 0.4) is 0 Å². The molecule has 1 aliphatic heterocycles. The van der Waals surface area contributed by atoms with Crippen LogP contribution in [0.1, 0.15) is 22.3 Å². The van der Waals surface area contributed by atoms with Crippen molar-refractivity contribution in [2.45, 2.75) is 13.0 Å². The highest BCUT2D eigenvalue weighted by molar-refractivity contribution is 9.10. The molecule has 0 amide bonds. The van der Waals surface area contributed by atoms with Crippen molar-refractivity contribution in [2.24, 2.45) is 0 Å². The average molecular weight is 523 g/mol. The molecule has 0 saturated carbocycles. The lowest BCUT2D eigenvalue weighted by Crippen LogP contribution is -2.46. The van der Waals surface area contributed by atoms with Gasteiger partial charge in [0.05, 0.1) is 4.92 Å². The molecule has 164 valence electrons. The number of rotatable bonds is 7. The van der Waals surface area contributed by atoms with E-state index in [0.717, 1.165) is 31.7 Å². The Morgan fingerprint density at radius 3 is 2.37 bits per heavy atom. The molecule has 3 rings (SSSR count). The number of carbonyl (C=O) groups is 1. The normalized spacial score (nSPS) is 14.5. The van der Waals surface area contributed by atoms with Crippen LogP contribution in [0.25, 0.3) is 0 Å². The first kappa shape index (κ1) is 26.5. The Bertz CT molecular complexity index is 880. The Morgan fingerprint density at radius 1 is 1.07 bits per heavy atom. The van der Waals surface area contributed by atoms with Crippen LogP contribution in [0.2, 0.25) is 0 Å². The number of ketones is 1. The van der Waals surface area contributed by atoms with Crippen LogP contribution in [0, 0.1) is 15.9 Å². The number of nitro groups is 1. The Hall–Kier alpha value is -1.58. The van der Waals surface area contributed by atoms with Gasteiger partial charge in [-0.15, -0.1) is 24.8 Å². The maximum Gasteiger partial charge on any atom is 0.270 e. The summed E-state index contributed by atoms with van der Waals surface area (Å²) < 4.78 is 13.9. The fraction of sp³-hybridized carbons (Fsp3) is 0.350. The topological polar surface area (TPSA) is 66.7 Å². The highest BCUT2D eigenvalue weighted by atomic mass is 79.9. The maximum atomic E-state index is 13.3. The zero-order valence-corrected chi connectivity index (χ0v) is 19.3. The minimum atomic E-state index is -0.499. The number of hydrogen-bond acceptors (Lipinski definition) is 5. The van der Waals surface area contributed by atoms with Gasteiger partial charge in [0.1, 0.15) is 5.82 Å². The highest BCUT2D eigenvalue weighted by Gasteiger charge is 2.20. The average Bonchev–Trinajstić information content (AvgIpc) is 2.67. The van der Waals surface area contributed by atoms with E-state index in [1.165, 1.54) is 24.3 Å². The number of nitro benzene ring substituents is 1. The molecule has 0 atom stereocenters. The Labute approximate surface area is 195 Å². The lowest BCUT2D eigenvalue weighted by atomic mass is 10.1. The van der Waals surface area contributed by atoms with Crippen LogP contribution in [-0.4, -0.2) is 53.2 Å². The van der Waals surface area contributed by atoms with Gasteiger partial charge in [-0.2, -0.15) is 0 Å². The van der Waals surface area contributed by atoms with Crippen LogP contribution >= 0.6 is 40.7 Å². The molecule has 30 heavy (non-hydrogen) atoms. The van der Waals surface area contributed by atoms with Gasteiger partial charge in [-0.25, -0.2) is 4.39 Å². The molecular formula is C20H23BrCl2FN3O3. The van der Waals surface area contributed by atoms with E-state index in [1.54, 1.807) is 12.1 Å². The van der Waals surface area contributed by atoms with Gasteiger partial charge >= 0.3 is 0 Å². The van der Waals surface area contributed by atoms with Crippen LogP contribution in [0.15, 0.2) is 46.9 Å². The summed E-state index contributed by atoms with van der Waals surface area (Å²) in [6.07, 6.45) is 0.309. The van der Waals surface area contributed by atoms with Crippen molar-refractivity contribution >= 4 is 52.2 Å². The predicted molar refractivity (Wildman–Crippen MR) is 122 cm³/mol. The molecule has 1 fully saturated rings. The van der Waals surface area contributed by atoms with Gasteiger partial charge in [0.2, 0.25) is 0 Å². The van der Waals surface area contributed by atoms with Gasteiger partial charge in [0.25, 0.3) is 5.69 Å². The van der Waals surface area contributed by atoms with Crippen molar-refractivity contribution in [1.82, 2.24) is 9.80 Å². The second-order valence-electron chi connectivity index (χ2n) is 6.84. The molecule has 1 aliphatic rings. The van der Waals surface area contributed by atoms with Crippen molar-refractivity contribution in [3.05, 3.63) is 74.0 Å². The predicted octanol–water partition coefficient (Wildman–Crippen LogP) is 4.73. The SMILES string of the molecule is Cl.Cl.O=C(CCN1CCN(Cc2cccc(F)c2)CC1)c1cc([N+](=O)[O-])ccc1Br. The number of benzene rings is 2. The number of nitrogens with zero attached hydrogens (tertiary/aromatic N) is 3. The monoisotopic (exact) mass is 521 g/mol. The summed E-state index contributed by atoms with van der Waals surface area (Å²) in [7, 11) is 0. The first-order valence-corrected chi connectivity index (χ1v) is 9.88. The molecule has 6 nitrogen and oxygen atoms in total. The quantitative estimate of drug-likeness (QED) is 0.299. The van der Waals surface area contributed by atoms with E-state index in [4.69, 9.17) is 0 Å². The number of hydrogen-bond donors (Lipinski definition) is 0. The van der Waals surface area contributed by atoms with E-state index < -0.39 is 4.92 Å². The molecule has 0 aromatic heterocycles. The van der Waals surface area contributed by atoms with Crippen LogP contribution in [0.4, 0.5) is 10.1 Å². The van der Waals surface area contributed by atoms with E-state index >= 15 is 0 Å². The maximum absolute atomic E-state index is 13.3. The minimum absolute atomic E-state index is 0. The van der Waals surface area contributed by atoms with Crippen molar-refractivity contribution in [3.8, 4) is 0 Å². The molecule has 10 heteroatoms. The summed E-state index contributed by atoms with van der Waals surface area (Å²) in [5, 5.41) is 10.9. The van der Waals surface area contributed by atoms with Crippen LogP contribution in [-0.2, 0) is 6.54 Å². The molecule has 0 radical (unpaired) electrons. The standard InChI is InChI=1S/C20H21BrFN3O3.2ClH/c21-19-5-4-17(25(27)28)13-18(19)20(26)6-7-23-8-10-24(11-9-23)14-15-2-1-3-16(22)12-15;;/h1-5,12-13H,6-11,14H2;2*1H.